The zero-order valence-electron chi connectivity index (χ0n) is 74.2. The first-order valence-corrected chi connectivity index (χ1v) is 42.8. The lowest BCUT2D eigenvalue weighted by molar-refractivity contribution is 0.00578. The van der Waals surface area contributed by atoms with Crippen molar-refractivity contribution in [1.29, 1.82) is 0 Å². The molecule has 14 aromatic carbocycles. The van der Waals surface area contributed by atoms with Gasteiger partial charge in [0.25, 0.3) is 0 Å². The van der Waals surface area contributed by atoms with E-state index in [2.05, 4.69) is 331 Å². The Bertz CT molecular complexity index is 4220. The van der Waals surface area contributed by atoms with Gasteiger partial charge in [0, 0.05) is 4.47 Å². The maximum Gasteiger partial charge on any atom is 0.454 e. The normalized spacial score (nSPS) is 11.2. The molecular weight excluding hydrogens is 1400 g/mol. The molecule has 0 N–H and O–H groups in total. The third-order valence-corrected chi connectivity index (χ3v) is 19.1. The molecule has 1 fully saturated rings. The fourth-order valence-electron chi connectivity index (χ4n) is 13.4. The fraction of sp³-hybridized carbons (Fsp3) is 0.321. The standard InChI is InChI=1S/2C22H14.C16H14.C15H11Br.C7H15BO2.12C2H6/c2*1-3-11-18-16(9-1)17-10-2-4-12-19(17)21-14-6-8-15-7-5-13-20(18)22(15)21;1-11-13-7-3-5-9-15(13)12(2)16-10-6-4-8-14(11)16;1-10-11-6-2-4-8-13(11)15(16)14-9-5-3-7-12(10)14;1-6(2)7(3,4)10-8(5)9-6;12*1-2/h2*1-14H;3-10H,1-2H3;2-9H,1H3;1-5H3;12*1-2H3. The summed E-state index contributed by atoms with van der Waals surface area (Å²) in [6, 6.07) is 95.8. The van der Waals surface area contributed by atoms with Gasteiger partial charge in [0.2, 0.25) is 0 Å². The molecule has 1 aliphatic heterocycles. The monoisotopic (exact) mass is 1540 g/mol. The molecule has 2 nitrogen and oxygen atoms in total. The summed E-state index contributed by atoms with van der Waals surface area (Å²) in [5, 5.41) is 16.1. The minimum atomic E-state index is -0.160. The maximum atomic E-state index is 5.54. The molecule has 0 saturated carbocycles. The van der Waals surface area contributed by atoms with Crippen LogP contribution in [0.5, 0.6) is 0 Å². The molecular formula is C106H140BBrO2. The third-order valence-electron chi connectivity index (χ3n) is 18.2. The highest BCUT2D eigenvalue weighted by atomic mass is 79.9. The average Bonchev–Trinajstić information content (AvgIpc) is 1.67. The molecule has 0 atom stereocenters. The number of rotatable bonds is 0. The minimum Gasteiger partial charge on any atom is -0.403 e. The van der Waals surface area contributed by atoms with E-state index in [1.165, 1.54) is 153 Å². The molecule has 4 heteroatoms. The summed E-state index contributed by atoms with van der Waals surface area (Å²) in [6.45, 7) is 64.8. The van der Waals surface area contributed by atoms with Crippen LogP contribution in [-0.4, -0.2) is 18.3 Å². The molecule has 2 aliphatic carbocycles. The molecule has 3 aliphatic rings. The van der Waals surface area contributed by atoms with Crippen molar-refractivity contribution in [3.05, 3.63) is 288 Å². The van der Waals surface area contributed by atoms with E-state index in [-0.39, 0.29) is 18.3 Å². The number of aryl methyl sites for hydroxylation is 3. The molecule has 1 saturated heterocycles. The van der Waals surface area contributed by atoms with Crippen molar-refractivity contribution in [2.45, 2.75) is 233 Å². The lowest BCUT2D eigenvalue weighted by atomic mass is 9.90. The second kappa shape index (κ2) is 53.1. The van der Waals surface area contributed by atoms with Crippen molar-refractivity contribution in [2.75, 3.05) is 0 Å². The van der Waals surface area contributed by atoms with Crippen LogP contribution in [0.15, 0.2) is 271 Å². The van der Waals surface area contributed by atoms with Crippen LogP contribution in [0.4, 0.5) is 0 Å². The molecule has 0 bridgehead atoms. The van der Waals surface area contributed by atoms with Gasteiger partial charge in [-0.3, -0.25) is 0 Å². The molecule has 17 rings (SSSR count). The van der Waals surface area contributed by atoms with Crippen LogP contribution < -0.4 is 0 Å². The second-order valence-electron chi connectivity index (χ2n) is 23.8. The van der Waals surface area contributed by atoms with Gasteiger partial charge in [-0.25, -0.2) is 0 Å². The van der Waals surface area contributed by atoms with Crippen molar-refractivity contribution in [3.8, 4) is 66.8 Å². The van der Waals surface area contributed by atoms with E-state index < -0.39 is 0 Å². The number of fused-ring (bicyclic) bond motifs is 14. The molecule has 0 amide bonds. The first-order chi connectivity index (χ1) is 53.8. The second-order valence-corrected chi connectivity index (χ2v) is 24.6. The first kappa shape index (κ1) is 99.1. The van der Waals surface area contributed by atoms with E-state index >= 15 is 0 Å². The predicted octanol–water partition coefficient (Wildman–Crippen LogP) is 36.0. The first-order valence-electron chi connectivity index (χ1n) is 42.0. The van der Waals surface area contributed by atoms with Gasteiger partial charge in [-0.05, 0) is 219 Å². The fourth-order valence-corrected chi connectivity index (χ4v) is 14.1. The Labute approximate surface area is 679 Å². The van der Waals surface area contributed by atoms with Gasteiger partial charge in [-0.2, -0.15) is 0 Å². The van der Waals surface area contributed by atoms with Gasteiger partial charge in [0.1, 0.15) is 0 Å². The zero-order valence-corrected chi connectivity index (χ0v) is 75.8. The van der Waals surface area contributed by atoms with Crippen molar-refractivity contribution >= 4 is 87.7 Å². The van der Waals surface area contributed by atoms with Gasteiger partial charge in [0.15, 0.2) is 0 Å². The van der Waals surface area contributed by atoms with Crippen LogP contribution >= 0.6 is 15.9 Å². The van der Waals surface area contributed by atoms with Gasteiger partial charge in [-0.1, -0.05) is 433 Å². The average molecular weight is 1540 g/mol. The van der Waals surface area contributed by atoms with Crippen molar-refractivity contribution in [2.24, 2.45) is 0 Å². The van der Waals surface area contributed by atoms with E-state index in [0.29, 0.717) is 0 Å². The smallest absolute Gasteiger partial charge is 0.403 e. The van der Waals surface area contributed by atoms with E-state index in [0.717, 1.165) is 0 Å². The maximum absolute atomic E-state index is 5.54. The Balaban J connectivity index is 0.000000652. The summed E-state index contributed by atoms with van der Waals surface area (Å²) in [4.78, 5) is 0. The molecule has 0 unspecified atom stereocenters. The molecule has 14 aromatic rings. The number of halogens is 1. The quantitative estimate of drug-likeness (QED) is 0.111. The third kappa shape index (κ3) is 23.4. The Hall–Kier alpha value is -8.90. The van der Waals surface area contributed by atoms with Gasteiger partial charge in [-0.15, -0.1) is 0 Å². The summed E-state index contributed by atoms with van der Waals surface area (Å²) in [6.07, 6.45) is 0. The summed E-state index contributed by atoms with van der Waals surface area (Å²) >= 11 is 3.72. The van der Waals surface area contributed by atoms with Crippen LogP contribution in [0.3, 0.4) is 0 Å². The summed E-state index contributed by atoms with van der Waals surface area (Å²) in [7, 11) is -0.0648. The molecule has 0 radical (unpaired) electrons. The molecule has 0 aromatic heterocycles. The van der Waals surface area contributed by atoms with Gasteiger partial charge in [0.05, 0.1) is 11.2 Å². The summed E-state index contributed by atoms with van der Waals surface area (Å²) in [5.74, 6) is 0. The molecule has 1 heterocycles. The van der Waals surface area contributed by atoms with Gasteiger partial charge < -0.3 is 9.31 Å². The number of hydrogen-bond acceptors (Lipinski definition) is 2. The number of hydrogen-bond donors (Lipinski definition) is 0. The van der Waals surface area contributed by atoms with Crippen LogP contribution in [0.1, 0.15) is 211 Å². The van der Waals surface area contributed by atoms with E-state index in [9.17, 15) is 0 Å². The largest absolute Gasteiger partial charge is 0.454 e. The van der Waals surface area contributed by atoms with Crippen LogP contribution in [0, 0.1) is 20.8 Å². The molecule has 110 heavy (non-hydrogen) atoms. The summed E-state index contributed by atoms with van der Waals surface area (Å²) < 4.78 is 12.3. The lowest BCUT2D eigenvalue weighted by Crippen LogP contribution is -2.41. The highest BCUT2D eigenvalue weighted by Gasteiger charge is 2.48. The van der Waals surface area contributed by atoms with E-state index in [4.69, 9.17) is 9.31 Å². The Morgan fingerprint density at radius 3 is 0.527 bits per heavy atom. The molecule has 0 spiro atoms. The highest BCUT2D eigenvalue weighted by Crippen LogP contribution is 2.49. The molecule has 586 valence electrons. The Kier molecular flexibility index (Phi) is 47.8. The minimum absolute atomic E-state index is 0.0648. The van der Waals surface area contributed by atoms with Crippen molar-refractivity contribution < 1.29 is 9.31 Å². The zero-order chi connectivity index (χ0) is 83.3. The topological polar surface area (TPSA) is 18.5 Å². The van der Waals surface area contributed by atoms with Crippen LogP contribution in [0.2, 0.25) is 6.82 Å². The van der Waals surface area contributed by atoms with E-state index in [1.54, 1.807) is 0 Å². The Morgan fingerprint density at radius 2 is 0.355 bits per heavy atom. The highest BCUT2D eigenvalue weighted by molar-refractivity contribution is 9.10. The van der Waals surface area contributed by atoms with Crippen LogP contribution in [0.25, 0.3) is 131 Å². The van der Waals surface area contributed by atoms with Crippen molar-refractivity contribution in [1.82, 2.24) is 0 Å². The predicted molar refractivity (Wildman–Crippen MR) is 511 cm³/mol. The van der Waals surface area contributed by atoms with Crippen molar-refractivity contribution in [3.63, 3.8) is 0 Å². The Morgan fingerprint density at radius 1 is 0.209 bits per heavy atom. The van der Waals surface area contributed by atoms with Crippen LogP contribution in [-0.2, 0) is 9.31 Å². The number of benzene rings is 14. The lowest BCUT2D eigenvalue weighted by Gasteiger charge is -2.32. The van der Waals surface area contributed by atoms with E-state index in [1.807, 2.05) is 173 Å². The van der Waals surface area contributed by atoms with Gasteiger partial charge >= 0.3 is 7.12 Å². The summed E-state index contributed by atoms with van der Waals surface area (Å²) in [5.41, 5.74) is 19.7. The SMILES string of the molecule is CB1OC(C)(C)C(C)(C)O1.CC.CC.CC.CC.CC.CC.CC.CC.CC.CC.CC.CC.Cc1c2ccccc2c(Br)c2ccccc12.Cc1c2ccccc2c(C)c2ccccc12.c1ccc2c(c1)-c1ccccc1-c1cccc3cccc-2c13.c1ccc2c(c1)-c1ccccc1-c1cccc3cccc-2c13.